The minimum Gasteiger partial charge on any atom is -0.460 e. The smallest absolute Gasteiger partial charge is 0.418 e. The third kappa shape index (κ3) is 6.21. The lowest BCUT2D eigenvalue weighted by atomic mass is 10.1. The molecular formula is C19H16Cl2F4N2O6. The van der Waals surface area contributed by atoms with Crippen LogP contribution < -0.4 is 5.56 Å². The van der Waals surface area contributed by atoms with Gasteiger partial charge in [0.1, 0.15) is 12.3 Å². The van der Waals surface area contributed by atoms with E-state index in [-0.39, 0.29) is 19.1 Å². The lowest BCUT2D eigenvalue weighted by molar-refractivity contribution is -0.182. The normalized spacial score (nSPS) is 12.4. The summed E-state index contributed by atoms with van der Waals surface area (Å²) < 4.78 is 68.5. The van der Waals surface area contributed by atoms with Crippen LogP contribution in [0.15, 0.2) is 23.1 Å². The molecule has 0 N–H and O–H groups in total. The van der Waals surface area contributed by atoms with Crippen molar-refractivity contribution in [3.8, 4) is 5.69 Å². The Balaban J connectivity index is 2.47. The van der Waals surface area contributed by atoms with Gasteiger partial charge in [0.05, 0.1) is 28.2 Å². The van der Waals surface area contributed by atoms with Crippen molar-refractivity contribution in [1.82, 2.24) is 9.78 Å². The second-order valence-corrected chi connectivity index (χ2v) is 7.02. The highest BCUT2D eigenvalue weighted by atomic mass is 35.5. The van der Waals surface area contributed by atoms with E-state index in [0.29, 0.717) is 16.9 Å². The van der Waals surface area contributed by atoms with Crippen molar-refractivity contribution in [2.75, 3.05) is 19.1 Å². The number of benzene rings is 1. The minimum atomic E-state index is -4.85. The maximum atomic E-state index is 14.5. The van der Waals surface area contributed by atoms with Crippen LogP contribution in [0, 0.1) is 12.7 Å². The van der Waals surface area contributed by atoms with Crippen molar-refractivity contribution in [2.24, 2.45) is 0 Å². The highest BCUT2D eigenvalue weighted by Gasteiger charge is 2.35. The van der Waals surface area contributed by atoms with Crippen molar-refractivity contribution in [1.29, 1.82) is 0 Å². The fraction of sp³-hybridized carbons (Fsp3) is 0.368. The third-order valence-corrected chi connectivity index (χ3v) is 4.52. The van der Waals surface area contributed by atoms with E-state index in [2.05, 4.69) is 5.10 Å². The fourth-order valence-corrected chi connectivity index (χ4v) is 2.83. The average molecular weight is 515 g/mol. The second kappa shape index (κ2) is 10.9. The van der Waals surface area contributed by atoms with E-state index in [9.17, 15) is 31.9 Å². The maximum absolute atomic E-state index is 14.5. The van der Waals surface area contributed by atoms with E-state index in [1.165, 1.54) is 6.92 Å². The Bertz CT molecular complexity index is 1110. The van der Waals surface area contributed by atoms with Crippen LogP contribution >= 0.6 is 23.2 Å². The summed E-state index contributed by atoms with van der Waals surface area (Å²) >= 11 is 11.3. The molecule has 2 aromatic rings. The Morgan fingerprint density at radius 2 is 1.94 bits per heavy atom. The van der Waals surface area contributed by atoms with Gasteiger partial charge in [-0.05, 0) is 26.0 Å². The first-order valence-electron chi connectivity index (χ1n) is 9.13. The molecule has 0 fully saturated rings. The van der Waals surface area contributed by atoms with E-state index in [0.717, 1.165) is 13.0 Å². The highest BCUT2D eigenvalue weighted by Crippen LogP contribution is 2.30. The maximum Gasteiger partial charge on any atom is 0.418 e. The molecule has 0 aliphatic heterocycles. The summed E-state index contributed by atoms with van der Waals surface area (Å²) in [5.41, 5.74) is -4.51. The minimum absolute atomic E-state index is 0.0278. The zero-order valence-electron chi connectivity index (χ0n) is 17.0. The van der Waals surface area contributed by atoms with Crippen LogP contribution in [0.25, 0.3) is 5.69 Å². The molecule has 0 radical (unpaired) electrons. The van der Waals surface area contributed by atoms with Crippen molar-refractivity contribution >= 4 is 35.1 Å². The van der Waals surface area contributed by atoms with E-state index < -0.39 is 63.2 Å². The number of hydrogen-bond donors (Lipinski definition) is 0. The molecule has 2 rings (SSSR count). The zero-order valence-corrected chi connectivity index (χ0v) is 18.6. The van der Waals surface area contributed by atoms with Gasteiger partial charge in [-0.3, -0.25) is 4.79 Å². The first-order chi connectivity index (χ1) is 15.4. The molecular weight excluding hydrogens is 499 g/mol. The molecule has 0 aliphatic carbocycles. The van der Waals surface area contributed by atoms with Gasteiger partial charge in [0, 0.05) is 12.2 Å². The van der Waals surface area contributed by atoms with Crippen molar-refractivity contribution < 1.29 is 41.4 Å². The summed E-state index contributed by atoms with van der Waals surface area (Å²) in [4.78, 5) is 36.9. The average Bonchev–Trinajstić information content (AvgIpc) is 2.73. The van der Waals surface area contributed by atoms with Gasteiger partial charge in [0.25, 0.3) is 5.56 Å². The molecule has 0 bridgehead atoms. The molecule has 1 aromatic heterocycles. The summed E-state index contributed by atoms with van der Waals surface area (Å²) in [6.45, 7) is 2.15. The summed E-state index contributed by atoms with van der Waals surface area (Å²) in [7, 11) is 0. The van der Waals surface area contributed by atoms with Gasteiger partial charge >= 0.3 is 24.4 Å². The van der Waals surface area contributed by atoms with Gasteiger partial charge in [-0.25, -0.2) is 14.0 Å². The van der Waals surface area contributed by atoms with Crippen LogP contribution in [0.5, 0.6) is 0 Å². The quantitative estimate of drug-likeness (QED) is 0.229. The van der Waals surface area contributed by atoms with Crippen LogP contribution in [0.4, 0.5) is 17.6 Å². The number of ether oxygens (including phenoxy) is 3. The molecule has 1 aromatic carbocycles. The van der Waals surface area contributed by atoms with Crippen LogP contribution in [-0.2, 0) is 25.2 Å². The molecule has 33 heavy (non-hydrogen) atoms. The second-order valence-electron chi connectivity index (χ2n) is 6.23. The Kier molecular flexibility index (Phi) is 8.81. The molecule has 14 heteroatoms. The Morgan fingerprint density at radius 3 is 2.52 bits per heavy atom. The van der Waals surface area contributed by atoms with E-state index in [4.69, 9.17) is 37.4 Å². The monoisotopic (exact) mass is 514 g/mol. The number of carbonyl (C=O) groups is 2. The molecule has 0 saturated heterocycles. The van der Waals surface area contributed by atoms with Crippen LogP contribution in [-0.4, -0.2) is 47.1 Å². The number of nitrogens with zero attached hydrogens (tertiary/aromatic N) is 2. The Hall–Kier alpha value is -2.70. The van der Waals surface area contributed by atoms with Crippen molar-refractivity contribution in [3.63, 3.8) is 0 Å². The SMILES string of the molecule is CCOC(OC(=O)c1cc(-n2ncc(C(F)(F)F)c(C)c2=O)c(F)cc1Cl)C(=O)OCCCl. The number of esters is 2. The largest absolute Gasteiger partial charge is 0.460 e. The Labute approximate surface area is 193 Å². The molecule has 0 amide bonds. The summed E-state index contributed by atoms with van der Waals surface area (Å²) in [6.07, 6.45) is -6.31. The topological polar surface area (TPSA) is 96.7 Å². The molecule has 0 spiro atoms. The van der Waals surface area contributed by atoms with Crippen LogP contribution in [0.3, 0.4) is 0 Å². The first kappa shape index (κ1) is 26.6. The zero-order chi connectivity index (χ0) is 24.9. The van der Waals surface area contributed by atoms with Crippen LogP contribution in [0.1, 0.15) is 28.4 Å². The lowest BCUT2D eigenvalue weighted by Crippen LogP contribution is -2.32. The van der Waals surface area contributed by atoms with E-state index >= 15 is 0 Å². The molecule has 8 nitrogen and oxygen atoms in total. The van der Waals surface area contributed by atoms with Gasteiger partial charge in [-0.1, -0.05) is 11.6 Å². The predicted molar refractivity (Wildman–Crippen MR) is 107 cm³/mol. The molecule has 1 atom stereocenters. The molecule has 0 aliphatic rings. The summed E-state index contributed by atoms with van der Waals surface area (Å²) in [6, 6.07) is 1.38. The van der Waals surface area contributed by atoms with Crippen molar-refractivity contribution in [2.45, 2.75) is 26.3 Å². The fourth-order valence-electron chi connectivity index (χ4n) is 2.52. The van der Waals surface area contributed by atoms with Gasteiger partial charge < -0.3 is 14.2 Å². The van der Waals surface area contributed by atoms with Gasteiger partial charge in [0.2, 0.25) is 0 Å². The standard InChI is InChI=1S/C19H16Cl2F4N2O6/c1-3-31-18(17(30)32-5-4-20)33-16(29)10-6-14(13(22)7-12(10)21)27-15(28)9(2)11(8-26-27)19(23,24)25/h6-8,18H,3-5H2,1-2H3. The lowest BCUT2D eigenvalue weighted by Gasteiger charge is -2.17. The number of alkyl halides is 4. The van der Waals surface area contributed by atoms with Crippen LogP contribution in [0.2, 0.25) is 5.02 Å². The molecule has 1 unspecified atom stereocenters. The Morgan fingerprint density at radius 1 is 1.27 bits per heavy atom. The van der Waals surface area contributed by atoms with E-state index in [1.54, 1.807) is 0 Å². The number of halogens is 6. The highest BCUT2D eigenvalue weighted by molar-refractivity contribution is 6.33. The summed E-state index contributed by atoms with van der Waals surface area (Å²) in [5, 5.41) is 2.89. The first-order valence-corrected chi connectivity index (χ1v) is 10.0. The summed E-state index contributed by atoms with van der Waals surface area (Å²) in [5.74, 6) is -3.52. The third-order valence-electron chi connectivity index (χ3n) is 4.06. The molecule has 1 heterocycles. The van der Waals surface area contributed by atoms with Gasteiger partial charge in [-0.15, -0.1) is 11.6 Å². The number of hydrogen-bond acceptors (Lipinski definition) is 7. The predicted octanol–water partition coefficient (Wildman–Crippen LogP) is 3.65. The molecule has 180 valence electrons. The molecule has 0 saturated carbocycles. The van der Waals surface area contributed by atoms with Crippen molar-refractivity contribution in [3.05, 3.63) is 56.2 Å². The number of rotatable bonds is 8. The number of carbonyl (C=O) groups excluding carboxylic acids is 2. The number of aromatic nitrogens is 2. The van der Waals surface area contributed by atoms with Gasteiger partial charge in [-0.2, -0.15) is 23.0 Å². The van der Waals surface area contributed by atoms with Gasteiger partial charge in [0.15, 0.2) is 5.82 Å². The van der Waals surface area contributed by atoms with E-state index in [1.807, 2.05) is 0 Å².